The Morgan fingerprint density at radius 1 is 1.03 bits per heavy atom. The maximum atomic E-state index is 6.13. The van der Waals surface area contributed by atoms with E-state index in [0.717, 1.165) is 50.2 Å². The molecule has 8 nitrogen and oxygen atoms in total. The molecule has 3 aromatic heterocycles. The highest BCUT2D eigenvalue weighted by Crippen LogP contribution is 2.34. The van der Waals surface area contributed by atoms with Crippen molar-refractivity contribution in [2.75, 3.05) is 30.7 Å². The minimum Gasteiger partial charge on any atom is -0.495 e. The number of aromatic nitrogens is 4. The standard InChI is InChI=1S/C26H34N6O2SSi/c1-18(2)25-30-31-26(35-25)32(17-34-15-16-36(4,5)6)23-12-11-20-24(29-23)21(13-14-27-20)28-19-9-7-8-10-22(19)33-3/h7-14,18H,15-17H2,1-6H3,(H,27,28). The summed E-state index contributed by atoms with van der Waals surface area (Å²) in [6, 6.07) is 14.8. The van der Waals surface area contributed by atoms with Crippen LogP contribution >= 0.6 is 11.3 Å². The van der Waals surface area contributed by atoms with E-state index < -0.39 is 8.07 Å². The van der Waals surface area contributed by atoms with Crippen LogP contribution in [-0.2, 0) is 4.74 Å². The van der Waals surface area contributed by atoms with Gasteiger partial charge in [-0.1, -0.05) is 57.0 Å². The highest BCUT2D eigenvalue weighted by molar-refractivity contribution is 7.15. The molecule has 0 saturated carbocycles. The van der Waals surface area contributed by atoms with E-state index in [-0.39, 0.29) is 0 Å². The second kappa shape index (κ2) is 11.3. The molecule has 0 aliphatic heterocycles. The summed E-state index contributed by atoms with van der Waals surface area (Å²) in [4.78, 5) is 11.5. The summed E-state index contributed by atoms with van der Waals surface area (Å²) in [6.45, 7) is 12.3. The van der Waals surface area contributed by atoms with Gasteiger partial charge in [0.15, 0.2) is 0 Å². The molecule has 1 aromatic carbocycles. The van der Waals surface area contributed by atoms with Crippen LogP contribution in [-0.4, -0.2) is 48.7 Å². The zero-order chi connectivity index (χ0) is 25.7. The summed E-state index contributed by atoms with van der Waals surface area (Å²) < 4.78 is 11.6. The van der Waals surface area contributed by atoms with Crippen LogP contribution in [0.4, 0.5) is 22.3 Å². The summed E-state index contributed by atoms with van der Waals surface area (Å²) in [5, 5.41) is 14.1. The molecule has 0 atom stereocenters. The van der Waals surface area contributed by atoms with Crippen molar-refractivity contribution in [1.29, 1.82) is 0 Å². The van der Waals surface area contributed by atoms with Crippen LogP contribution < -0.4 is 15.0 Å². The Labute approximate surface area is 217 Å². The van der Waals surface area contributed by atoms with Crippen molar-refractivity contribution in [2.45, 2.75) is 45.5 Å². The molecule has 36 heavy (non-hydrogen) atoms. The van der Waals surface area contributed by atoms with Crippen LogP contribution in [0.3, 0.4) is 0 Å². The van der Waals surface area contributed by atoms with Crippen molar-refractivity contribution in [3.63, 3.8) is 0 Å². The largest absolute Gasteiger partial charge is 0.495 e. The molecule has 0 fully saturated rings. The van der Waals surface area contributed by atoms with Gasteiger partial charge >= 0.3 is 0 Å². The number of rotatable bonds is 11. The smallest absolute Gasteiger partial charge is 0.215 e. The number of pyridine rings is 2. The maximum Gasteiger partial charge on any atom is 0.215 e. The number of benzene rings is 1. The quantitative estimate of drug-likeness (QED) is 0.131. The van der Waals surface area contributed by atoms with E-state index in [2.05, 4.69) is 54.0 Å². The van der Waals surface area contributed by atoms with Gasteiger partial charge in [0.25, 0.3) is 0 Å². The van der Waals surface area contributed by atoms with Crippen molar-refractivity contribution in [3.05, 3.63) is 53.7 Å². The topological polar surface area (TPSA) is 85.3 Å². The van der Waals surface area contributed by atoms with Crippen LogP contribution in [0.2, 0.25) is 25.7 Å². The van der Waals surface area contributed by atoms with E-state index in [1.165, 1.54) is 0 Å². The first kappa shape index (κ1) is 26.0. The third-order valence-electron chi connectivity index (χ3n) is 5.59. The van der Waals surface area contributed by atoms with E-state index in [1.807, 2.05) is 47.4 Å². The van der Waals surface area contributed by atoms with Gasteiger partial charge in [-0.3, -0.25) is 9.88 Å². The van der Waals surface area contributed by atoms with E-state index >= 15 is 0 Å². The monoisotopic (exact) mass is 522 g/mol. The Morgan fingerprint density at radius 2 is 1.83 bits per heavy atom. The van der Waals surface area contributed by atoms with E-state index in [1.54, 1.807) is 24.6 Å². The Kier molecular flexibility index (Phi) is 8.17. The Balaban J connectivity index is 1.69. The first-order valence-corrected chi connectivity index (χ1v) is 16.6. The van der Waals surface area contributed by atoms with Crippen molar-refractivity contribution in [2.24, 2.45) is 0 Å². The molecule has 4 aromatic rings. The number of nitrogens with zero attached hydrogens (tertiary/aromatic N) is 5. The predicted octanol–water partition coefficient (Wildman–Crippen LogP) is 6.81. The van der Waals surface area contributed by atoms with Crippen molar-refractivity contribution in [1.82, 2.24) is 20.2 Å². The second-order valence-corrected chi connectivity index (χ2v) is 16.7. The van der Waals surface area contributed by atoms with Gasteiger partial charge in [0.05, 0.1) is 24.0 Å². The number of methoxy groups -OCH3 is 1. The first-order chi connectivity index (χ1) is 17.2. The van der Waals surface area contributed by atoms with Crippen LogP contribution in [0.25, 0.3) is 11.0 Å². The van der Waals surface area contributed by atoms with Gasteiger partial charge in [0.1, 0.15) is 28.8 Å². The van der Waals surface area contributed by atoms with Crippen molar-refractivity contribution in [3.8, 4) is 5.75 Å². The average molecular weight is 523 g/mol. The normalized spacial score (nSPS) is 11.8. The van der Waals surface area contributed by atoms with Gasteiger partial charge in [-0.2, -0.15) is 0 Å². The molecule has 0 radical (unpaired) electrons. The molecule has 0 aliphatic carbocycles. The molecular formula is C26H34N6O2SSi. The predicted molar refractivity (Wildman–Crippen MR) is 151 cm³/mol. The van der Waals surface area contributed by atoms with Crippen LogP contribution in [0.15, 0.2) is 48.7 Å². The lowest BCUT2D eigenvalue weighted by Gasteiger charge is -2.22. The van der Waals surface area contributed by atoms with Gasteiger partial charge in [-0.25, -0.2) is 4.98 Å². The second-order valence-electron chi connectivity index (χ2n) is 10.1. The number of hydrogen-bond donors (Lipinski definition) is 1. The molecule has 0 aliphatic rings. The molecule has 190 valence electrons. The van der Waals surface area contributed by atoms with Gasteiger partial charge in [0.2, 0.25) is 5.13 Å². The van der Waals surface area contributed by atoms with Gasteiger partial charge in [-0.15, -0.1) is 10.2 Å². The minimum absolute atomic E-state index is 0.302. The molecule has 0 unspecified atom stereocenters. The fourth-order valence-electron chi connectivity index (χ4n) is 3.48. The number of nitrogens with one attached hydrogen (secondary N) is 1. The summed E-state index contributed by atoms with van der Waals surface area (Å²) in [5.74, 6) is 1.79. The third-order valence-corrected chi connectivity index (χ3v) is 8.54. The van der Waals surface area contributed by atoms with Gasteiger partial charge in [-0.05, 0) is 36.4 Å². The lowest BCUT2D eigenvalue weighted by molar-refractivity contribution is 0.153. The number of fused-ring (bicyclic) bond motifs is 1. The summed E-state index contributed by atoms with van der Waals surface area (Å²) in [7, 11) is 0.463. The average Bonchev–Trinajstić information content (AvgIpc) is 3.34. The van der Waals surface area contributed by atoms with Crippen LogP contribution in [0.1, 0.15) is 24.8 Å². The molecule has 3 heterocycles. The maximum absolute atomic E-state index is 6.13. The fraction of sp³-hybridized carbons (Fsp3) is 0.385. The Bertz CT molecular complexity index is 1310. The summed E-state index contributed by atoms with van der Waals surface area (Å²) in [6.07, 6.45) is 1.78. The third kappa shape index (κ3) is 6.37. The molecule has 4 rings (SSSR count). The SMILES string of the molecule is COc1ccccc1Nc1ccnc2ccc(N(COCC[Si](C)(C)C)c3nnc(C(C)C)s3)nc12. The van der Waals surface area contributed by atoms with Gasteiger partial charge < -0.3 is 14.8 Å². The lowest BCUT2D eigenvalue weighted by atomic mass is 10.2. The number of para-hydroxylation sites is 2. The number of anilines is 4. The first-order valence-electron chi connectivity index (χ1n) is 12.1. The highest BCUT2D eigenvalue weighted by Gasteiger charge is 2.20. The summed E-state index contributed by atoms with van der Waals surface area (Å²) >= 11 is 1.57. The van der Waals surface area contributed by atoms with Crippen molar-refractivity contribution < 1.29 is 9.47 Å². The number of ether oxygens (including phenoxy) is 2. The zero-order valence-corrected chi connectivity index (χ0v) is 23.6. The summed E-state index contributed by atoms with van der Waals surface area (Å²) in [5.41, 5.74) is 3.24. The van der Waals surface area contributed by atoms with Crippen molar-refractivity contribution >= 4 is 52.8 Å². The minimum atomic E-state index is -1.20. The number of hydrogen-bond acceptors (Lipinski definition) is 9. The lowest BCUT2D eigenvalue weighted by Crippen LogP contribution is -2.26. The van der Waals surface area contributed by atoms with Gasteiger partial charge in [0, 0.05) is 26.8 Å². The molecule has 0 bridgehead atoms. The van der Waals surface area contributed by atoms with E-state index in [0.29, 0.717) is 19.3 Å². The molecular weight excluding hydrogens is 488 g/mol. The molecule has 0 saturated heterocycles. The van der Waals surface area contributed by atoms with E-state index in [9.17, 15) is 0 Å². The van der Waals surface area contributed by atoms with E-state index in [4.69, 9.17) is 14.5 Å². The molecule has 10 heteroatoms. The Morgan fingerprint density at radius 3 is 2.56 bits per heavy atom. The zero-order valence-electron chi connectivity index (χ0n) is 21.8. The fourth-order valence-corrected chi connectivity index (χ4v) is 5.08. The van der Waals surface area contributed by atoms with Crippen LogP contribution in [0.5, 0.6) is 5.75 Å². The highest BCUT2D eigenvalue weighted by atomic mass is 32.1. The Hall–Kier alpha value is -3.08. The molecule has 0 amide bonds. The molecule has 1 N–H and O–H groups in total. The molecule has 0 spiro atoms. The van der Waals surface area contributed by atoms with Crippen LogP contribution in [0, 0.1) is 0 Å².